The number of rotatable bonds is 6. The van der Waals surface area contributed by atoms with Gasteiger partial charge in [-0.2, -0.15) is 0 Å². The van der Waals surface area contributed by atoms with E-state index in [-0.39, 0.29) is 11.7 Å². The highest BCUT2D eigenvalue weighted by molar-refractivity contribution is 5.91. The van der Waals surface area contributed by atoms with E-state index in [9.17, 15) is 14.7 Å². The predicted octanol–water partition coefficient (Wildman–Crippen LogP) is 2.64. The molecule has 2 aromatic carbocycles. The van der Waals surface area contributed by atoms with Crippen LogP contribution < -0.4 is 4.74 Å². The molecular formula is C22H24N2O5. The zero-order valence-electron chi connectivity index (χ0n) is 16.3. The van der Waals surface area contributed by atoms with Gasteiger partial charge < -0.3 is 14.6 Å². The van der Waals surface area contributed by atoms with Crippen LogP contribution in [0.15, 0.2) is 48.5 Å². The molecule has 152 valence electrons. The van der Waals surface area contributed by atoms with Gasteiger partial charge in [0.1, 0.15) is 17.9 Å². The van der Waals surface area contributed by atoms with Crippen LogP contribution in [0.4, 0.5) is 4.79 Å². The SMILES string of the molecule is COc1ccc(CN2CCN3C(=O)OCC3(Cc3ccccc3)C2)cc1C(=O)O. The number of carbonyl (C=O) groups excluding carboxylic acids is 1. The number of hydrogen-bond acceptors (Lipinski definition) is 5. The molecule has 2 saturated heterocycles. The molecule has 4 rings (SSSR count). The van der Waals surface area contributed by atoms with Gasteiger partial charge in [0.2, 0.25) is 0 Å². The Morgan fingerprint density at radius 1 is 1.17 bits per heavy atom. The number of amides is 1. The molecule has 0 aromatic heterocycles. The molecule has 29 heavy (non-hydrogen) atoms. The van der Waals surface area contributed by atoms with Crippen LogP contribution in [-0.4, -0.2) is 65.9 Å². The molecule has 7 nitrogen and oxygen atoms in total. The fourth-order valence-corrected chi connectivity index (χ4v) is 4.33. The van der Waals surface area contributed by atoms with Crippen LogP contribution in [-0.2, 0) is 17.7 Å². The van der Waals surface area contributed by atoms with Gasteiger partial charge in [0.25, 0.3) is 0 Å². The molecule has 0 spiro atoms. The summed E-state index contributed by atoms with van der Waals surface area (Å²) in [6, 6.07) is 15.3. The van der Waals surface area contributed by atoms with Crippen LogP contribution in [0.25, 0.3) is 0 Å². The highest BCUT2D eigenvalue weighted by atomic mass is 16.6. The van der Waals surface area contributed by atoms with E-state index in [1.165, 1.54) is 7.11 Å². The lowest BCUT2D eigenvalue weighted by Gasteiger charge is -2.45. The Labute approximate surface area is 169 Å². The number of methoxy groups -OCH3 is 1. The maximum Gasteiger partial charge on any atom is 0.410 e. The van der Waals surface area contributed by atoms with Crippen molar-refractivity contribution in [3.05, 3.63) is 65.2 Å². The second kappa shape index (κ2) is 7.75. The third-order valence-electron chi connectivity index (χ3n) is 5.69. The average molecular weight is 396 g/mol. The first kappa shape index (κ1) is 19.3. The van der Waals surface area contributed by atoms with Gasteiger partial charge in [0.05, 0.1) is 12.6 Å². The number of ether oxygens (including phenoxy) is 2. The number of carboxylic acids is 1. The van der Waals surface area contributed by atoms with E-state index in [4.69, 9.17) is 9.47 Å². The maximum absolute atomic E-state index is 12.3. The molecule has 2 heterocycles. The molecule has 2 aliphatic heterocycles. The normalized spacial score (nSPS) is 21.6. The highest BCUT2D eigenvalue weighted by Crippen LogP contribution is 2.33. The first-order chi connectivity index (χ1) is 14.0. The monoisotopic (exact) mass is 396 g/mol. The van der Waals surface area contributed by atoms with Gasteiger partial charge in [-0.3, -0.25) is 9.80 Å². The van der Waals surface area contributed by atoms with E-state index < -0.39 is 11.5 Å². The zero-order valence-corrected chi connectivity index (χ0v) is 16.3. The molecule has 0 saturated carbocycles. The topological polar surface area (TPSA) is 79.3 Å². The van der Waals surface area contributed by atoms with E-state index in [1.54, 1.807) is 12.1 Å². The van der Waals surface area contributed by atoms with Crippen LogP contribution in [0, 0.1) is 0 Å². The summed E-state index contributed by atoms with van der Waals surface area (Å²) in [7, 11) is 1.46. The largest absolute Gasteiger partial charge is 0.496 e. The van der Waals surface area contributed by atoms with E-state index in [0.29, 0.717) is 38.5 Å². The highest BCUT2D eigenvalue weighted by Gasteiger charge is 2.50. The van der Waals surface area contributed by atoms with Crippen molar-refractivity contribution in [2.75, 3.05) is 33.4 Å². The summed E-state index contributed by atoms with van der Waals surface area (Å²) in [6.45, 7) is 2.93. The van der Waals surface area contributed by atoms with Gasteiger partial charge >= 0.3 is 12.1 Å². The molecule has 1 amide bonds. The van der Waals surface area contributed by atoms with Gasteiger partial charge in [0.15, 0.2) is 0 Å². The Hall–Kier alpha value is -3.06. The minimum atomic E-state index is -1.01. The number of benzene rings is 2. The number of cyclic esters (lactones) is 1. The number of piperazine rings is 1. The smallest absolute Gasteiger partial charge is 0.410 e. The molecule has 0 bridgehead atoms. The van der Waals surface area contributed by atoms with Crippen molar-refractivity contribution < 1.29 is 24.2 Å². The molecule has 2 aliphatic rings. The number of aromatic carboxylic acids is 1. The van der Waals surface area contributed by atoms with E-state index in [2.05, 4.69) is 17.0 Å². The number of hydrogen-bond donors (Lipinski definition) is 1. The van der Waals surface area contributed by atoms with Gasteiger partial charge in [0, 0.05) is 32.6 Å². The number of carboxylic acid groups (broad SMARTS) is 1. The maximum atomic E-state index is 12.3. The molecule has 1 N–H and O–H groups in total. The Balaban J connectivity index is 1.55. The second-order valence-corrected chi connectivity index (χ2v) is 7.64. The summed E-state index contributed by atoms with van der Waals surface area (Å²) in [5.41, 5.74) is 1.81. The summed E-state index contributed by atoms with van der Waals surface area (Å²) >= 11 is 0. The molecule has 1 unspecified atom stereocenters. The van der Waals surface area contributed by atoms with Crippen LogP contribution in [0.5, 0.6) is 5.75 Å². The molecule has 7 heteroatoms. The Morgan fingerprint density at radius 3 is 2.69 bits per heavy atom. The average Bonchev–Trinajstić information content (AvgIpc) is 3.04. The summed E-state index contributed by atoms with van der Waals surface area (Å²) in [4.78, 5) is 27.9. The van der Waals surface area contributed by atoms with Crippen molar-refractivity contribution in [3.8, 4) is 5.75 Å². The van der Waals surface area contributed by atoms with E-state index in [0.717, 1.165) is 17.5 Å². The van der Waals surface area contributed by atoms with Crippen molar-refractivity contribution in [2.24, 2.45) is 0 Å². The fourth-order valence-electron chi connectivity index (χ4n) is 4.33. The number of fused-ring (bicyclic) bond motifs is 1. The Morgan fingerprint density at radius 2 is 1.97 bits per heavy atom. The summed E-state index contributed by atoms with van der Waals surface area (Å²) in [5, 5.41) is 9.43. The molecule has 2 fully saturated rings. The third kappa shape index (κ3) is 3.78. The predicted molar refractivity (Wildman–Crippen MR) is 106 cm³/mol. The third-order valence-corrected chi connectivity index (χ3v) is 5.69. The second-order valence-electron chi connectivity index (χ2n) is 7.64. The van der Waals surface area contributed by atoms with Gasteiger partial charge in [-0.15, -0.1) is 0 Å². The van der Waals surface area contributed by atoms with Crippen molar-refractivity contribution in [2.45, 2.75) is 18.5 Å². The molecule has 0 radical (unpaired) electrons. The van der Waals surface area contributed by atoms with Crippen LogP contribution in [0.3, 0.4) is 0 Å². The van der Waals surface area contributed by atoms with Gasteiger partial charge in [-0.25, -0.2) is 9.59 Å². The van der Waals surface area contributed by atoms with E-state index >= 15 is 0 Å². The minimum absolute atomic E-state index is 0.155. The lowest BCUT2D eigenvalue weighted by Crippen LogP contribution is -2.62. The van der Waals surface area contributed by atoms with Crippen molar-refractivity contribution in [1.29, 1.82) is 0 Å². The summed E-state index contributed by atoms with van der Waals surface area (Å²) in [6.07, 6.45) is 0.470. The van der Waals surface area contributed by atoms with Crippen molar-refractivity contribution in [1.82, 2.24) is 9.80 Å². The van der Waals surface area contributed by atoms with Gasteiger partial charge in [-0.05, 0) is 23.3 Å². The first-order valence-corrected chi connectivity index (χ1v) is 9.62. The van der Waals surface area contributed by atoms with E-state index in [1.807, 2.05) is 29.2 Å². The van der Waals surface area contributed by atoms with Gasteiger partial charge in [-0.1, -0.05) is 36.4 Å². The van der Waals surface area contributed by atoms with Crippen LogP contribution >= 0.6 is 0 Å². The lowest BCUT2D eigenvalue weighted by molar-refractivity contribution is 0.0475. The number of nitrogens with zero attached hydrogens (tertiary/aromatic N) is 2. The fraction of sp³-hybridized carbons (Fsp3) is 0.364. The summed E-state index contributed by atoms with van der Waals surface area (Å²) < 4.78 is 10.6. The molecule has 2 aromatic rings. The zero-order chi connectivity index (χ0) is 20.4. The minimum Gasteiger partial charge on any atom is -0.496 e. The van der Waals surface area contributed by atoms with Crippen LogP contribution in [0.2, 0.25) is 0 Å². The Kier molecular flexibility index (Phi) is 5.15. The Bertz CT molecular complexity index is 917. The lowest BCUT2D eigenvalue weighted by atomic mass is 9.88. The standard InChI is InChI=1S/C22H24N2O5/c1-28-19-8-7-17(11-18(19)20(25)26)13-23-9-10-24-21(27)29-15-22(24,14-23)12-16-5-3-2-4-6-16/h2-8,11H,9-10,12-15H2,1H3,(H,25,26). The number of carbonyl (C=O) groups is 2. The molecule has 0 aliphatic carbocycles. The van der Waals surface area contributed by atoms with Crippen LogP contribution in [0.1, 0.15) is 21.5 Å². The van der Waals surface area contributed by atoms with Crippen molar-refractivity contribution in [3.63, 3.8) is 0 Å². The first-order valence-electron chi connectivity index (χ1n) is 9.62. The molecular weight excluding hydrogens is 372 g/mol. The quantitative estimate of drug-likeness (QED) is 0.809. The van der Waals surface area contributed by atoms with Crippen molar-refractivity contribution >= 4 is 12.1 Å². The summed E-state index contributed by atoms with van der Waals surface area (Å²) in [5.74, 6) is -0.662. The molecule has 1 atom stereocenters.